The molecule has 0 unspecified atom stereocenters. The summed E-state index contributed by atoms with van der Waals surface area (Å²) < 4.78 is 22.9. The topological polar surface area (TPSA) is 113 Å². The van der Waals surface area contributed by atoms with Gasteiger partial charge >= 0.3 is 0 Å². The lowest BCUT2D eigenvalue weighted by Gasteiger charge is -2.17. The van der Waals surface area contributed by atoms with Gasteiger partial charge in [0, 0.05) is 10.4 Å². The Morgan fingerprint density at radius 1 is 1.44 bits per heavy atom. The van der Waals surface area contributed by atoms with Crippen molar-refractivity contribution in [2.45, 2.75) is 31.1 Å². The van der Waals surface area contributed by atoms with Crippen molar-refractivity contribution in [3.05, 3.63) is 45.8 Å². The molecule has 1 aliphatic carbocycles. The first-order chi connectivity index (χ1) is 11.8. The number of hydrogen-bond donors (Lipinski definition) is 2. The van der Waals surface area contributed by atoms with Gasteiger partial charge in [-0.15, -0.1) is 11.3 Å². The van der Waals surface area contributed by atoms with Gasteiger partial charge in [-0.2, -0.15) is 5.26 Å². The Labute approximate surface area is 150 Å². The van der Waals surface area contributed by atoms with E-state index in [0.29, 0.717) is 16.5 Å². The van der Waals surface area contributed by atoms with Gasteiger partial charge in [-0.25, -0.2) is 13.6 Å². The van der Waals surface area contributed by atoms with E-state index in [4.69, 9.17) is 5.14 Å². The molecule has 0 spiro atoms. The molecule has 0 bridgehead atoms. The van der Waals surface area contributed by atoms with Crippen molar-refractivity contribution in [1.82, 2.24) is 0 Å². The molecule has 2 aromatic rings. The summed E-state index contributed by atoms with van der Waals surface area (Å²) in [5, 5.41) is 17.8. The summed E-state index contributed by atoms with van der Waals surface area (Å²) in [5.41, 5.74) is 1.72. The van der Waals surface area contributed by atoms with E-state index in [1.807, 2.05) is 0 Å². The molecule has 0 saturated heterocycles. The van der Waals surface area contributed by atoms with E-state index in [1.165, 1.54) is 35.6 Å². The maximum absolute atomic E-state index is 12.5. The fraction of sp³-hybridized carbons (Fsp3) is 0.294. The predicted octanol–water partition coefficient (Wildman–Crippen LogP) is 2.64. The van der Waals surface area contributed by atoms with Gasteiger partial charge in [0.25, 0.3) is 5.91 Å². The van der Waals surface area contributed by atoms with E-state index >= 15 is 0 Å². The normalized spacial score (nSPS) is 16.8. The van der Waals surface area contributed by atoms with E-state index < -0.39 is 15.9 Å². The molecule has 6 nitrogen and oxygen atoms in total. The fourth-order valence-electron chi connectivity index (χ4n) is 2.95. The zero-order valence-corrected chi connectivity index (χ0v) is 15.2. The summed E-state index contributed by atoms with van der Waals surface area (Å²) in [5.74, 6) is 0.0985. The van der Waals surface area contributed by atoms with Gasteiger partial charge in [0.2, 0.25) is 10.0 Å². The third-order valence-corrected chi connectivity index (χ3v) is 6.36. The largest absolute Gasteiger partial charge is 0.312 e. The molecule has 0 aliphatic heterocycles. The van der Waals surface area contributed by atoms with E-state index in [0.717, 1.165) is 29.7 Å². The maximum Gasteiger partial charge on any atom is 0.256 e. The number of rotatable bonds is 3. The van der Waals surface area contributed by atoms with Crippen LogP contribution in [0.3, 0.4) is 0 Å². The van der Waals surface area contributed by atoms with Crippen LogP contribution < -0.4 is 10.5 Å². The Kier molecular flexibility index (Phi) is 4.64. The second-order valence-electron chi connectivity index (χ2n) is 6.19. The number of nitrogens with two attached hydrogens (primary N) is 1. The first-order valence-electron chi connectivity index (χ1n) is 7.78. The molecule has 1 amide bonds. The Morgan fingerprint density at radius 2 is 2.20 bits per heavy atom. The van der Waals surface area contributed by atoms with Gasteiger partial charge in [-0.05, 0) is 48.9 Å². The highest BCUT2D eigenvalue weighted by Crippen LogP contribution is 2.39. The second kappa shape index (κ2) is 6.59. The molecule has 1 aliphatic rings. The van der Waals surface area contributed by atoms with Crippen molar-refractivity contribution in [2.24, 2.45) is 11.1 Å². The van der Waals surface area contributed by atoms with E-state index in [1.54, 1.807) is 0 Å². The highest BCUT2D eigenvalue weighted by atomic mass is 32.2. The SMILES string of the molecule is C[C@H]1CCc2c(sc(NC(=O)c3cccc(S(N)(=O)=O)c3)c2C#N)C1. The molecule has 1 aromatic carbocycles. The van der Waals surface area contributed by atoms with Crippen LogP contribution in [0.5, 0.6) is 0 Å². The summed E-state index contributed by atoms with van der Waals surface area (Å²) in [6.45, 7) is 2.17. The van der Waals surface area contributed by atoms with Crippen molar-refractivity contribution >= 4 is 32.3 Å². The van der Waals surface area contributed by atoms with Gasteiger partial charge in [-0.1, -0.05) is 13.0 Å². The molecule has 130 valence electrons. The Bertz CT molecular complexity index is 987. The van der Waals surface area contributed by atoms with Gasteiger partial charge in [-0.3, -0.25) is 4.79 Å². The zero-order chi connectivity index (χ0) is 18.2. The van der Waals surface area contributed by atoms with Crippen LogP contribution >= 0.6 is 11.3 Å². The fourth-order valence-corrected chi connectivity index (χ4v) is 4.86. The molecule has 8 heteroatoms. The highest BCUT2D eigenvalue weighted by Gasteiger charge is 2.25. The summed E-state index contributed by atoms with van der Waals surface area (Å²) in [7, 11) is -3.88. The van der Waals surface area contributed by atoms with Crippen LogP contribution in [0, 0.1) is 17.2 Å². The first-order valence-corrected chi connectivity index (χ1v) is 10.1. The van der Waals surface area contributed by atoms with Gasteiger partial charge in [0.15, 0.2) is 0 Å². The minimum atomic E-state index is -3.88. The van der Waals surface area contributed by atoms with Crippen LogP contribution in [0.15, 0.2) is 29.2 Å². The Balaban J connectivity index is 1.91. The number of thiophene rings is 1. The van der Waals surface area contributed by atoms with Crippen LogP contribution in [0.4, 0.5) is 5.00 Å². The lowest BCUT2D eigenvalue weighted by molar-refractivity contribution is 0.102. The van der Waals surface area contributed by atoms with Gasteiger partial charge < -0.3 is 5.32 Å². The van der Waals surface area contributed by atoms with Crippen LogP contribution in [-0.4, -0.2) is 14.3 Å². The average molecular weight is 375 g/mol. The standard InChI is InChI=1S/C17H17N3O3S2/c1-10-5-6-13-14(9-18)17(24-15(13)7-10)20-16(21)11-3-2-4-12(8-11)25(19,22)23/h2-4,8,10H,5-7H2,1H3,(H,20,21)(H2,19,22,23)/t10-/m0/s1. The van der Waals surface area contributed by atoms with Crippen LogP contribution in [0.2, 0.25) is 0 Å². The van der Waals surface area contributed by atoms with Gasteiger partial charge in [0.05, 0.1) is 10.5 Å². The summed E-state index contributed by atoms with van der Waals surface area (Å²) in [4.78, 5) is 13.5. The highest BCUT2D eigenvalue weighted by molar-refractivity contribution is 7.89. The number of primary sulfonamides is 1. The maximum atomic E-state index is 12.5. The van der Waals surface area contributed by atoms with Gasteiger partial charge in [0.1, 0.15) is 11.1 Å². The molecule has 3 rings (SSSR count). The molecule has 1 heterocycles. The molecule has 0 fully saturated rings. The Morgan fingerprint density at radius 3 is 2.88 bits per heavy atom. The number of nitriles is 1. The van der Waals surface area contributed by atoms with E-state index in [-0.39, 0.29) is 10.5 Å². The first kappa shape index (κ1) is 17.6. The number of nitrogens with one attached hydrogen (secondary N) is 1. The zero-order valence-electron chi connectivity index (χ0n) is 13.6. The molecule has 1 aromatic heterocycles. The number of benzene rings is 1. The third-order valence-electron chi connectivity index (χ3n) is 4.28. The third kappa shape index (κ3) is 3.58. The predicted molar refractivity (Wildman–Crippen MR) is 96.0 cm³/mol. The molecular weight excluding hydrogens is 358 g/mol. The molecule has 25 heavy (non-hydrogen) atoms. The average Bonchev–Trinajstić information content (AvgIpc) is 2.90. The monoisotopic (exact) mass is 375 g/mol. The number of sulfonamides is 1. The minimum Gasteiger partial charge on any atom is -0.312 e. The smallest absolute Gasteiger partial charge is 0.256 e. The molecule has 0 saturated carbocycles. The lowest BCUT2D eigenvalue weighted by Crippen LogP contribution is -2.15. The Hall–Kier alpha value is -2.21. The summed E-state index contributed by atoms with van der Waals surface area (Å²) >= 11 is 1.43. The van der Waals surface area contributed by atoms with Crippen molar-refractivity contribution in [3.8, 4) is 6.07 Å². The number of amides is 1. The number of anilines is 1. The minimum absolute atomic E-state index is 0.125. The number of carbonyl (C=O) groups excluding carboxylic acids is 1. The number of hydrogen-bond acceptors (Lipinski definition) is 5. The number of carbonyl (C=O) groups is 1. The molecule has 3 N–H and O–H groups in total. The van der Waals surface area contributed by atoms with E-state index in [9.17, 15) is 18.5 Å². The van der Waals surface area contributed by atoms with Crippen LogP contribution in [-0.2, 0) is 22.9 Å². The molecule has 0 radical (unpaired) electrons. The lowest BCUT2D eigenvalue weighted by atomic mass is 9.88. The number of nitrogens with zero attached hydrogens (tertiary/aromatic N) is 1. The van der Waals surface area contributed by atoms with Crippen molar-refractivity contribution < 1.29 is 13.2 Å². The van der Waals surface area contributed by atoms with E-state index in [2.05, 4.69) is 18.3 Å². The van der Waals surface area contributed by atoms with Crippen molar-refractivity contribution in [3.63, 3.8) is 0 Å². The van der Waals surface area contributed by atoms with Crippen molar-refractivity contribution in [1.29, 1.82) is 5.26 Å². The molecule has 1 atom stereocenters. The number of fused-ring (bicyclic) bond motifs is 1. The van der Waals surface area contributed by atoms with Crippen molar-refractivity contribution in [2.75, 3.05) is 5.32 Å². The quantitative estimate of drug-likeness (QED) is 0.858. The van der Waals surface area contributed by atoms with Crippen LogP contribution in [0.25, 0.3) is 0 Å². The second-order valence-corrected chi connectivity index (χ2v) is 8.86. The summed E-state index contributed by atoms with van der Waals surface area (Å²) in [6.07, 6.45) is 2.78. The molecular formula is C17H17N3O3S2. The van der Waals surface area contributed by atoms with Crippen LogP contribution in [0.1, 0.15) is 39.7 Å². The summed E-state index contributed by atoms with van der Waals surface area (Å²) in [6, 6.07) is 7.72.